The minimum Gasteiger partial charge on any atom is -0.456 e. The van der Waals surface area contributed by atoms with Crippen LogP contribution in [-0.2, 0) is 5.41 Å². The summed E-state index contributed by atoms with van der Waals surface area (Å²) in [5.41, 5.74) is 12.5. The Balaban J connectivity index is 1.20. The van der Waals surface area contributed by atoms with Gasteiger partial charge in [-0.1, -0.05) is 146 Å². The minimum absolute atomic E-state index is 0.472. The molecule has 244 valence electrons. The Kier molecular flexibility index (Phi) is 6.37. The summed E-state index contributed by atoms with van der Waals surface area (Å²) >= 11 is 1.90. The van der Waals surface area contributed by atoms with Crippen molar-refractivity contribution >= 4 is 70.5 Å². The average Bonchev–Trinajstić information content (AvgIpc) is 3.88. The molecule has 0 saturated carbocycles. The Hall–Kier alpha value is -6.42. The summed E-state index contributed by atoms with van der Waals surface area (Å²) in [7, 11) is 0. The Labute approximate surface area is 305 Å². The molecule has 0 unspecified atom stereocenters. The zero-order valence-corrected chi connectivity index (χ0v) is 29.0. The largest absolute Gasteiger partial charge is 0.456 e. The standard InChI is InChI=1S/C49H31NOS/c1-3-15-32(16-4-1)49(41-24-10-7-19-35(41)36-20-8-11-25-42(36)49)43-26-13-22-39-40-23-14-27-44(48(40)52-47(39)43)50(33-17-5-2-6-18-33)34-29-30-38-37-21-9-12-28-45(37)51-46(38)31-34/h1-31H. The molecule has 0 bridgehead atoms. The second-order valence-electron chi connectivity index (χ2n) is 13.6. The van der Waals surface area contributed by atoms with Crippen molar-refractivity contribution in [2.24, 2.45) is 0 Å². The number of hydrogen-bond acceptors (Lipinski definition) is 3. The molecule has 0 atom stereocenters. The van der Waals surface area contributed by atoms with E-state index >= 15 is 0 Å². The quantitative estimate of drug-likeness (QED) is 0.180. The Morgan fingerprint density at radius 3 is 1.75 bits per heavy atom. The highest BCUT2D eigenvalue weighted by Crippen LogP contribution is 2.58. The molecule has 0 fully saturated rings. The molecule has 3 heteroatoms. The lowest BCUT2D eigenvalue weighted by Crippen LogP contribution is -2.28. The van der Waals surface area contributed by atoms with E-state index in [0.717, 1.165) is 39.0 Å². The van der Waals surface area contributed by atoms with E-state index in [2.05, 4.69) is 181 Å². The SMILES string of the molecule is c1ccc(N(c2ccc3c(c2)oc2ccccc23)c2cccc3c2sc2c(C4(c5ccccc5)c5ccccc5-c5ccccc54)cccc23)cc1. The van der Waals surface area contributed by atoms with Crippen LogP contribution in [0.15, 0.2) is 192 Å². The molecule has 2 nitrogen and oxygen atoms in total. The highest BCUT2D eigenvalue weighted by atomic mass is 32.1. The normalized spacial score (nSPS) is 13.2. The maximum Gasteiger partial charge on any atom is 0.137 e. The van der Waals surface area contributed by atoms with Crippen molar-refractivity contribution in [1.82, 2.24) is 0 Å². The van der Waals surface area contributed by atoms with Crippen LogP contribution >= 0.6 is 11.3 Å². The van der Waals surface area contributed by atoms with Crippen LogP contribution in [-0.4, -0.2) is 0 Å². The average molecular weight is 682 g/mol. The van der Waals surface area contributed by atoms with Crippen molar-refractivity contribution in [3.05, 3.63) is 210 Å². The fourth-order valence-electron chi connectivity index (χ4n) is 8.81. The van der Waals surface area contributed by atoms with Crippen LogP contribution in [0.4, 0.5) is 17.1 Å². The molecule has 8 aromatic carbocycles. The van der Waals surface area contributed by atoms with E-state index in [9.17, 15) is 0 Å². The van der Waals surface area contributed by atoms with E-state index < -0.39 is 5.41 Å². The van der Waals surface area contributed by atoms with E-state index in [1.165, 1.54) is 53.6 Å². The molecule has 0 amide bonds. The van der Waals surface area contributed by atoms with Gasteiger partial charge in [-0.2, -0.15) is 0 Å². The van der Waals surface area contributed by atoms with Gasteiger partial charge in [0.2, 0.25) is 0 Å². The predicted octanol–water partition coefficient (Wildman–Crippen LogP) is 13.8. The first-order valence-corrected chi connectivity index (χ1v) is 18.6. The van der Waals surface area contributed by atoms with Crippen LogP contribution in [0.25, 0.3) is 53.2 Å². The zero-order chi connectivity index (χ0) is 34.2. The zero-order valence-electron chi connectivity index (χ0n) is 28.2. The molecule has 2 heterocycles. The van der Waals surface area contributed by atoms with Crippen molar-refractivity contribution in [3.63, 3.8) is 0 Å². The number of fused-ring (bicyclic) bond motifs is 9. The Morgan fingerprint density at radius 2 is 0.981 bits per heavy atom. The van der Waals surface area contributed by atoms with Gasteiger partial charge in [0.1, 0.15) is 11.2 Å². The number of thiophene rings is 1. The molecule has 0 aliphatic heterocycles. The second-order valence-corrected chi connectivity index (χ2v) is 14.6. The number of nitrogens with zero attached hydrogens (tertiary/aromatic N) is 1. The molecule has 2 aromatic heterocycles. The molecule has 10 aromatic rings. The van der Waals surface area contributed by atoms with Crippen molar-refractivity contribution in [2.75, 3.05) is 4.90 Å². The van der Waals surface area contributed by atoms with Crippen molar-refractivity contribution < 1.29 is 4.42 Å². The fourth-order valence-corrected chi connectivity index (χ4v) is 10.2. The van der Waals surface area contributed by atoms with Gasteiger partial charge in [0.25, 0.3) is 0 Å². The number of benzene rings is 8. The smallest absolute Gasteiger partial charge is 0.137 e. The topological polar surface area (TPSA) is 16.4 Å². The molecule has 0 spiro atoms. The lowest BCUT2D eigenvalue weighted by molar-refractivity contribution is 0.669. The maximum absolute atomic E-state index is 6.41. The number of hydrogen-bond donors (Lipinski definition) is 0. The van der Waals surface area contributed by atoms with Crippen LogP contribution in [0.1, 0.15) is 22.3 Å². The van der Waals surface area contributed by atoms with Crippen LogP contribution in [0, 0.1) is 0 Å². The molecule has 1 aliphatic rings. The maximum atomic E-state index is 6.41. The molecule has 11 rings (SSSR count). The Bertz CT molecular complexity index is 2930. The van der Waals surface area contributed by atoms with Gasteiger partial charge in [-0.15, -0.1) is 11.3 Å². The monoisotopic (exact) mass is 681 g/mol. The van der Waals surface area contributed by atoms with Crippen molar-refractivity contribution in [3.8, 4) is 11.1 Å². The van der Waals surface area contributed by atoms with E-state index in [1.807, 2.05) is 23.5 Å². The number of anilines is 3. The van der Waals surface area contributed by atoms with Gasteiger partial charge >= 0.3 is 0 Å². The second kappa shape index (κ2) is 11.3. The van der Waals surface area contributed by atoms with E-state index in [-0.39, 0.29) is 0 Å². The summed E-state index contributed by atoms with van der Waals surface area (Å²) in [4.78, 5) is 2.39. The summed E-state index contributed by atoms with van der Waals surface area (Å²) in [6, 6.07) is 68.4. The van der Waals surface area contributed by atoms with Crippen molar-refractivity contribution in [1.29, 1.82) is 0 Å². The summed E-state index contributed by atoms with van der Waals surface area (Å²) in [6.45, 7) is 0. The van der Waals surface area contributed by atoms with Crippen LogP contribution in [0.3, 0.4) is 0 Å². The van der Waals surface area contributed by atoms with Gasteiger partial charge in [0, 0.05) is 43.7 Å². The van der Waals surface area contributed by atoms with Gasteiger partial charge in [0.15, 0.2) is 0 Å². The molecule has 52 heavy (non-hydrogen) atoms. The van der Waals surface area contributed by atoms with Gasteiger partial charge < -0.3 is 9.32 Å². The van der Waals surface area contributed by atoms with Crippen molar-refractivity contribution in [2.45, 2.75) is 5.41 Å². The van der Waals surface area contributed by atoms with Gasteiger partial charge in [0.05, 0.1) is 15.8 Å². The first-order chi connectivity index (χ1) is 25.8. The third kappa shape index (κ3) is 4.06. The van der Waals surface area contributed by atoms with E-state index in [1.54, 1.807) is 0 Å². The lowest BCUT2D eigenvalue weighted by Gasteiger charge is -2.34. The Morgan fingerprint density at radius 1 is 0.404 bits per heavy atom. The summed E-state index contributed by atoms with van der Waals surface area (Å²) in [5.74, 6) is 0. The summed E-state index contributed by atoms with van der Waals surface area (Å²) in [5, 5.41) is 4.79. The van der Waals surface area contributed by atoms with E-state index in [4.69, 9.17) is 4.42 Å². The number of furan rings is 1. The first kappa shape index (κ1) is 29.3. The van der Waals surface area contributed by atoms with Gasteiger partial charge in [-0.3, -0.25) is 0 Å². The first-order valence-electron chi connectivity index (χ1n) is 17.8. The van der Waals surface area contributed by atoms with Gasteiger partial charge in [-0.25, -0.2) is 0 Å². The summed E-state index contributed by atoms with van der Waals surface area (Å²) in [6.07, 6.45) is 0. The lowest BCUT2D eigenvalue weighted by atomic mass is 9.67. The van der Waals surface area contributed by atoms with Gasteiger partial charge in [-0.05, 0) is 69.8 Å². The van der Waals surface area contributed by atoms with Crippen LogP contribution in [0.2, 0.25) is 0 Å². The molecular weight excluding hydrogens is 651 g/mol. The van der Waals surface area contributed by atoms with E-state index in [0.29, 0.717) is 0 Å². The highest BCUT2D eigenvalue weighted by Gasteiger charge is 2.47. The fraction of sp³-hybridized carbons (Fsp3) is 0.0204. The summed E-state index contributed by atoms with van der Waals surface area (Å²) < 4.78 is 8.97. The molecule has 0 radical (unpaired) electrons. The van der Waals surface area contributed by atoms with Crippen LogP contribution < -0.4 is 4.90 Å². The molecule has 1 aliphatic carbocycles. The minimum atomic E-state index is -0.472. The third-order valence-electron chi connectivity index (χ3n) is 10.9. The molecule has 0 saturated heterocycles. The highest BCUT2D eigenvalue weighted by molar-refractivity contribution is 7.26. The predicted molar refractivity (Wildman–Crippen MR) is 219 cm³/mol. The number of para-hydroxylation sites is 2. The third-order valence-corrected chi connectivity index (χ3v) is 12.2. The molecular formula is C49H31NOS. The van der Waals surface area contributed by atoms with Crippen LogP contribution in [0.5, 0.6) is 0 Å². The molecule has 0 N–H and O–H groups in total. The number of rotatable bonds is 5.